The lowest BCUT2D eigenvalue weighted by Crippen LogP contribution is -2.31. The molecule has 0 saturated carbocycles. The van der Waals surface area contributed by atoms with Crippen LogP contribution in [0.25, 0.3) is 0 Å². The molecule has 0 aliphatic carbocycles. The number of benzene rings is 1. The van der Waals surface area contributed by atoms with Crippen molar-refractivity contribution in [2.24, 2.45) is 0 Å². The minimum Gasteiger partial charge on any atom is -0.490 e. The maximum atomic E-state index is 6.15. The van der Waals surface area contributed by atoms with E-state index in [-0.39, 0.29) is 0 Å². The summed E-state index contributed by atoms with van der Waals surface area (Å²) in [6, 6.07) is 6.63. The highest BCUT2D eigenvalue weighted by molar-refractivity contribution is 5.34. The SMILES string of the molecule is CCCCc1cc(C)cc(OC2CCOC(C)C2)c1. The third-order valence-electron chi connectivity index (χ3n) is 3.67. The lowest BCUT2D eigenvalue weighted by molar-refractivity contribution is -0.0252. The number of unbranched alkanes of at least 4 members (excludes halogenated alkanes) is 1. The second-order valence-electron chi connectivity index (χ2n) is 5.70. The highest BCUT2D eigenvalue weighted by Crippen LogP contribution is 2.23. The maximum Gasteiger partial charge on any atom is 0.120 e. The summed E-state index contributed by atoms with van der Waals surface area (Å²) in [5.41, 5.74) is 2.70. The van der Waals surface area contributed by atoms with Crippen LogP contribution in [0.1, 0.15) is 50.7 Å². The Kier molecular flexibility index (Phi) is 5.26. The first kappa shape index (κ1) is 14.4. The lowest BCUT2D eigenvalue weighted by Gasteiger charge is -2.28. The van der Waals surface area contributed by atoms with Crippen LogP contribution < -0.4 is 4.74 Å². The standard InChI is InChI=1S/C17H26O2/c1-4-5-6-15-9-13(2)10-17(12-15)19-16-7-8-18-14(3)11-16/h9-10,12,14,16H,4-8,11H2,1-3H3. The molecule has 2 nitrogen and oxygen atoms in total. The summed E-state index contributed by atoms with van der Waals surface area (Å²) >= 11 is 0. The summed E-state index contributed by atoms with van der Waals surface area (Å²) < 4.78 is 11.7. The Hall–Kier alpha value is -1.02. The minimum atomic E-state index is 0.310. The predicted molar refractivity (Wildman–Crippen MR) is 78.9 cm³/mol. The zero-order valence-corrected chi connectivity index (χ0v) is 12.4. The molecule has 106 valence electrons. The van der Waals surface area contributed by atoms with Crippen molar-refractivity contribution in [1.29, 1.82) is 0 Å². The van der Waals surface area contributed by atoms with Crippen LogP contribution in [0.2, 0.25) is 0 Å². The van der Waals surface area contributed by atoms with E-state index >= 15 is 0 Å². The van der Waals surface area contributed by atoms with Gasteiger partial charge in [-0.15, -0.1) is 0 Å². The lowest BCUT2D eigenvalue weighted by atomic mass is 10.0. The molecule has 1 aliphatic heterocycles. The van der Waals surface area contributed by atoms with Crippen LogP contribution in [0.15, 0.2) is 18.2 Å². The zero-order chi connectivity index (χ0) is 13.7. The van der Waals surface area contributed by atoms with Gasteiger partial charge in [0.1, 0.15) is 11.9 Å². The van der Waals surface area contributed by atoms with Crippen molar-refractivity contribution in [1.82, 2.24) is 0 Å². The number of ether oxygens (including phenoxy) is 2. The van der Waals surface area contributed by atoms with Crippen LogP contribution in [-0.2, 0) is 11.2 Å². The fourth-order valence-electron chi connectivity index (χ4n) is 2.67. The third kappa shape index (κ3) is 4.54. The van der Waals surface area contributed by atoms with Crippen LogP contribution >= 0.6 is 0 Å². The zero-order valence-electron chi connectivity index (χ0n) is 12.4. The Bertz CT molecular complexity index is 400. The first-order valence-corrected chi connectivity index (χ1v) is 7.56. The van der Waals surface area contributed by atoms with Gasteiger partial charge in [0.25, 0.3) is 0 Å². The molecule has 0 N–H and O–H groups in total. The van der Waals surface area contributed by atoms with Crippen molar-refractivity contribution in [3.63, 3.8) is 0 Å². The monoisotopic (exact) mass is 262 g/mol. The van der Waals surface area contributed by atoms with E-state index in [1.807, 2.05) is 0 Å². The molecule has 1 aliphatic rings. The minimum absolute atomic E-state index is 0.310. The Morgan fingerprint density at radius 3 is 2.89 bits per heavy atom. The van der Waals surface area contributed by atoms with E-state index < -0.39 is 0 Å². The molecule has 2 atom stereocenters. The van der Waals surface area contributed by atoms with Gasteiger partial charge in [0.05, 0.1) is 12.7 Å². The molecule has 1 heterocycles. The van der Waals surface area contributed by atoms with E-state index in [4.69, 9.17) is 9.47 Å². The Morgan fingerprint density at radius 1 is 1.32 bits per heavy atom. The van der Waals surface area contributed by atoms with E-state index in [1.54, 1.807) is 0 Å². The normalized spacial score (nSPS) is 23.3. The molecule has 2 heteroatoms. The Morgan fingerprint density at radius 2 is 2.16 bits per heavy atom. The van der Waals surface area contributed by atoms with Gasteiger partial charge in [0.15, 0.2) is 0 Å². The number of hydrogen-bond donors (Lipinski definition) is 0. The largest absolute Gasteiger partial charge is 0.490 e. The Balaban J connectivity index is 2.00. The first-order valence-electron chi connectivity index (χ1n) is 7.56. The molecular formula is C17H26O2. The average molecular weight is 262 g/mol. The van der Waals surface area contributed by atoms with Crippen molar-refractivity contribution in [3.8, 4) is 5.75 Å². The van der Waals surface area contributed by atoms with Gasteiger partial charge >= 0.3 is 0 Å². The highest BCUT2D eigenvalue weighted by Gasteiger charge is 2.20. The van der Waals surface area contributed by atoms with Crippen LogP contribution in [0.3, 0.4) is 0 Å². The first-order chi connectivity index (χ1) is 9.17. The number of aryl methyl sites for hydroxylation is 2. The van der Waals surface area contributed by atoms with Gasteiger partial charge in [0.2, 0.25) is 0 Å². The average Bonchev–Trinajstić information content (AvgIpc) is 2.35. The number of hydrogen-bond acceptors (Lipinski definition) is 2. The second-order valence-corrected chi connectivity index (χ2v) is 5.70. The molecule has 0 amide bonds. The van der Waals surface area contributed by atoms with E-state index in [0.717, 1.165) is 31.6 Å². The van der Waals surface area contributed by atoms with Gasteiger partial charge in [-0.05, 0) is 49.9 Å². The molecule has 0 aromatic heterocycles. The van der Waals surface area contributed by atoms with Crippen molar-refractivity contribution in [2.75, 3.05) is 6.61 Å². The second kappa shape index (κ2) is 6.95. The molecule has 1 saturated heterocycles. The summed E-state index contributed by atoms with van der Waals surface area (Å²) in [5.74, 6) is 1.03. The van der Waals surface area contributed by atoms with Crippen molar-refractivity contribution in [2.45, 2.75) is 65.1 Å². The van der Waals surface area contributed by atoms with E-state index in [9.17, 15) is 0 Å². The van der Waals surface area contributed by atoms with Crippen molar-refractivity contribution < 1.29 is 9.47 Å². The van der Waals surface area contributed by atoms with Gasteiger partial charge in [-0.1, -0.05) is 19.4 Å². The van der Waals surface area contributed by atoms with Crippen LogP contribution in [0.5, 0.6) is 5.75 Å². The van der Waals surface area contributed by atoms with Crippen molar-refractivity contribution >= 4 is 0 Å². The van der Waals surface area contributed by atoms with Gasteiger partial charge < -0.3 is 9.47 Å². The summed E-state index contributed by atoms with van der Waals surface area (Å²) in [7, 11) is 0. The Labute approximate surface area is 117 Å². The topological polar surface area (TPSA) is 18.5 Å². The summed E-state index contributed by atoms with van der Waals surface area (Å²) in [4.78, 5) is 0. The van der Waals surface area contributed by atoms with Crippen molar-refractivity contribution in [3.05, 3.63) is 29.3 Å². The predicted octanol–water partition coefficient (Wildman–Crippen LogP) is 4.28. The molecule has 1 aromatic rings. The highest BCUT2D eigenvalue weighted by atomic mass is 16.5. The molecule has 1 fully saturated rings. The van der Waals surface area contributed by atoms with Gasteiger partial charge in [-0.2, -0.15) is 0 Å². The van der Waals surface area contributed by atoms with E-state index in [2.05, 4.69) is 39.0 Å². The van der Waals surface area contributed by atoms with Gasteiger partial charge in [-0.25, -0.2) is 0 Å². The summed E-state index contributed by atoms with van der Waals surface area (Å²) in [6.07, 6.45) is 6.27. The van der Waals surface area contributed by atoms with E-state index in [0.29, 0.717) is 12.2 Å². The summed E-state index contributed by atoms with van der Waals surface area (Å²) in [5, 5.41) is 0. The molecule has 2 unspecified atom stereocenters. The van der Waals surface area contributed by atoms with Crippen LogP contribution in [0.4, 0.5) is 0 Å². The maximum absolute atomic E-state index is 6.15. The fraction of sp³-hybridized carbons (Fsp3) is 0.647. The molecule has 0 bridgehead atoms. The molecule has 0 spiro atoms. The fourth-order valence-corrected chi connectivity index (χ4v) is 2.67. The third-order valence-corrected chi connectivity index (χ3v) is 3.67. The molecule has 1 aromatic carbocycles. The quantitative estimate of drug-likeness (QED) is 0.788. The van der Waals surface area contributed by atoms with Gasteiger partial charge in [-0.3, -0.25) is 0 Å². The van der Waals surface area contributed by atoms with E-state index in [1.165, 1.54) is 24.0 Å². The smallest absolute Gasteiger partial charge is 0.120 e. The molecule has 19 heavy (non-hydrogen) atoms. The van der Waals surface area contributed by atoms with Gasteiger partial charge in [0, 0.05) is 12.8 Å². The summed E-state index contributed by atoms with van der Waals surface area (Å²) in [6.45, 7) is 7.32. The van der Waals surface area contributed by atoms with Crippen LogP contribution in [-0.4, -0.2) is 18.8 Å². The molecule has 2 rings (SSSR count). The molecule has 0 radical (unpaired) electrons. The molecular weight excluding hydrogens is 236 g/mol. The number of rotatable bonds is 5. The van der Waals surface area contributed by atoms with Crippen LogP contribution in [0, 0.1) is 6.92 Å².